The zero-order valence-electron chi connectivity index (χ0n) is 6.77. The molecule has 0 bridgehead atoms. The summed E-state index contributed by atoms with van der Waals surface area (Å²) in [6.45, 7) is -0.0724. The number of benzene rings is 1. The van der Waals surface area contributed by atoms with Crippen molar-refractivity contribution in [2.75, 3.05) is 6.61 Å². The van der Waals surface area contributed by atoms with Crippen LogP contribution in [0.2, 0.25) is 5.02 Å². The third kappa shape index (κ3) is 2.73. The minimum absolute atomic E-state index is 0.0142. The molecule has 0 aliphatic rings. The smallest absolute Gasteiger partial charge is 0.122 e. The monoisotopic (exact) mass is 200 g/mol. The molecule has 0 heterocycles. The summed E-state index contributed by atoms with van der Waals surface area (Å²) < 4.78 is 0. The predicted octanol–water partition coefficient (Wildman–Crippen LogP) is 2.73. The highest BCUT2D eigenvalue weighted by Gasteiger charge is 2.02. The van der Waals surface area contributed by atoms with Crippen molar-refractivity contribution in [3.63, 3.8) is 0 Å². The Morgan fingerprint density at radius 2 is 2.15 bits per heavy atom. The third-order valence-electron chi connectivity index (χ3n) is 1.50. The first kappa shape index (κ1) is 10.1. The van der Waals surface area contributed by atoms with Gasteiger partial charge in [0.1, 0.15) is 12.4 Å². The van der Waals surface area contributed by atoms with Gasteiger partial charge in [-0.2, -0.15) is 0 Å². The Morgan fingerprint density at radius 1 is 1.46 bits per heavy atom. The Balaban J connectivity index is 2.88. The van der Waals surface area contributed by atoms with Gasteiger partial charge < -0.3 is 5.11 Å². The van der Waals surface area contributed by atoms with Crippen molar-refractivity contribution >= 4 is 17.4 Å². The van der Waals surface area contributed by atoms with Crippen molar-refractivity contribution in [3.05, 3.63) is 40.9 Å². The first-order valence-electron chi connectivity index (χ1n) is 3.66. The number of aliphatic hydroxyl groups is 1. The van der Waals surface area contributed by atoms with Gasteiger partial charge in [0.2, 0.25) is 0 Å². The maximum atomic E-state index is 9.42. The van der Waals surface area contributed by atoms with Crippen LogP contribution < -0.4 is 0 Å². The largest absolute Gasteiger partial charge is 0.508 e. The molecule has 0 aliphatic heterocycles. The van der Waals surface area contributed by atoms with Gasteiger partial charge in [0.25, 0.3) is 0 Å². The summed E-state index contributed by atoms with van der Waals surface area (Å²) in [5.41, 5.74) is 0.515. The minimum atomic E-state index is -0.0724. The van der Waals surface area contributed by atoms with E-state index in [1.165, 1.54) is 6.08 Å². The second kappa shape index (κ2) is 4.87. The Kier molecular flexibility index (Phi) is 3.76. The van der Waals surface area contributed by atoms with Crippen molar-refractivity contribution in [1.82, 2.24) is 0 Å². The van der Waals surface area contributed by atoms with Gasteiger partial charge in [0.05, 0.1) is 5.02 Å². The molecule has 70 valence electrons. The van der Waals surface area contributed by atoms with Crippen LogP contribution >= 0.6 is 11.6 Å². The van der Waals surface area contributed by atoms with Crippen LogP contribution in [0.3, 0.4) is 0 Å². The zero-order chi connectivity index (χ0) is 9.68. The highest BCUT2D eigenvalue weighted by atomic mass is 35.5. The van der Waals surface area contributed by atoms with Crippen molar-refractivity contribution in [2.45, 2.75) is 0 Å². The number of hydrogen-bond donors (Lipinski definition) is 2. The molecule has 1 aromatic carbocycles. The molecule has 0 aromatic heterocycles. The lowest BCUT2D eigenvalue weighted by atomic mass is 10.2. The maximum Gasteiger partial charge on any atom is 0.122 e. The average Bonchev–Trinajstić information content (AvgIpc) is 2.15. The van der Waals surface area contributed by atoms with Crippen LogP contribution in [-0.4, -0.2) is 17.0 Å². The fourth-order valence-electron chi connectivity index (χ4n) is 0.895. The summed E-state index contributed by atoms with van der Waals surface area (Å²) in [5.74, 6) is -0.0142. The van der Waals surface area contributed by atoms with Gasteiger partial charge in [-0.1, -0.05) is 23.7 Å². The Labute approximate surface area is 80.8 Å². The van der Waals surface area contributed by atoms with Crippen molar-refractivity contribution in [2.24, 2.45) is 0 Å². The van der Waals surface area contributed by atoms with E-state index in [0.717, 1.165) is 0 Å². The number of rotatable bonds is 3. The molecule has 0 fully saturated rings. The Hall–Kier alpha value is -1.03. The van der Waals surface area contributed by atoms with E-state index in [4.69, 9.17) is 16.9 Å². The van der Waals surface area contributed by atoms with Crippen LogP contribution in [0.1, 0.15) is 5.56 Å². The van der Waals surface area contributed by atoms with Crippen LogP contribution in [0.25, 0.3) is 5.76 Å². The zero-order valence-corrected chi connectivity index (χ0v) is 7.53. The molecule has 0 unspecified atom stereocenters. The third-order valence-corrected chi connectivity index (χ3v) is 1.83. The fraction of sp³-hybridized carbons (Fsp3) is 0.111. The lowest BCUT2D eigenvalue weighted by molar-refractivity contribution is -0.231. The van der Waals surface area contributed by atoms with Crippen LogP contribution in [-0.2, 0) is 4.89 Å². The summed E-state index contributed by atoms with van der Waals surface area (Å²) in [7, 11) is 0. The van der Waals surface area contributed by atoms with E-state index in [9.17, 15) is 5.11 Å². The van der Waals surface area contributed by atoms with Crippen LogP contribution in [0.15, 0.2) is 30.3 Å². The van der Waals surface area contributed by atoms with Gasteiger partial charge in [0, 0.05) is 5.56 Å². The summed E-state index contributed by atoms with van der Waals surface area (Å²) in [6, 6.07) is 6.86. The van der Waals surface area contributed by atoms with Gasteiger partial charge in [-0.15, -0.1) is 0 Å². The molecule has 0 aliphatic carbocycles. The van der Waals surface area contributed by atoms with E-state index < -0.39 is 0 Å². The first-order chi connectivity index (χ1) is 6.25. The topological polar surface area (TPSA) is 49.7 Å². The molecule has 0 radical (unpaired) electrons. The molecule has 1 rings (SSSR count). The summed E-state index contributed by atoms with van der Waals surface area (Å²) in [6.07, 6.45) is 1.32. The van der Waals surface area contributed by atoms with Gasteiger partial charge in [0.15, 0.2) is 0 Å². The Bertz CT molecular complexity index is 309. The lowest BCUT2D eigenvalue weighted by Crippen LogP contribution is -1.88. The summed E-state index contributed by atoms with van der Waals surface area (Å²) >= 11 is 5.79. The second-order valence-electron chi connectivity index (χ2n) is 2.36. The molecule has 0 saturated carbocycles. The molecule has 3 nitrogen and oxygen atoms in total. The fourth-order valence-corrected chi connectivity index (χ4v) is 1.13. The van der Waals surface area contributed by atoms with Gasteiger partial charge >= 0.3 is 0 Å². The van der Waals surface area contributed by atoms with Gasteiger partial charge in [-0.05, 0) is 18.2 Å². The normalized spacial score (nSPS) is 11.7. The summed E-state index contributed by atoms with van der Waals surface area (Å²) in [4.78, 5) is 3.79. The molecular weight excluding hydrogens is 192 g/mol. The number of hydrogen-bond acceptors (Lipinski definition) is 3. The van der Waals surface area contributed by atoms with E-state index in [-0.39, 0.29) is 12.4 Å². The van der Waals surface area contributed by atoms with Crippen LogP contribution in [0.4, 0.5) is 0 Å². The minimum Gasteiger partial charge on any atom is -0.508 e. The predicted molar refractivity (Wildman–Crippen MR) is 50.6 cm³/mol. The Morgan fingerprint density at radius 3 is 2.77 bits per heavy atom. The lowest BCUT2D eigenvalue weighted by Gasteiger charge is -2.01. The van der Waals surface area contributed by atoms with Crippen LogP contribution in [0, 0.1) is 0 Å². The van der Waals surface area contributed by atoms with E-state index >= 15 is 0 Å². The number of halogens is 1. The molecule has 0 saturated heterocycles. The standard InChI is InChI=1S/C9H9ClO3/c10-8-4-2-1-3-7(8)9(11)5-6-13-12/h1-5,11-12H,6H2/b9-5-. The average molecular weight is 201 g/mol. The highest BCUT2D eigenvalue weighted by Crippen LogP contribution is 2.21. The van der Waals surface area contributed by atoms with Crippen LogP contribution in [0.5, 0.6) is 0 Å². The summed E-state index contributed by atoms with van der Waals surface area (Å²) in [5, 5.41) is 17.9. The SMILES string of the molecule is OOC/C=C(\O)c1ccccc1Cl. The highest BCUT2D eigenvalue weighted by molar-refractivity contribution is 6.32. The molecule has 0 amide bonds. The van der Waals surface area contributed by atoms with Gasteiger partial charge in [-0.25, -0.2) is 4.89 Å². The molecule has 0 spiro atoms. The van der Waals surface area contributed by atoms with Crippen molar-refractivity contribution < 1.29 is 15.3 Å². The molecule has 2 N–H and O–H groups in total. The number of aliphatic hydroxyl groups excluding tert-OH is 1. The van der Waals surface area contributed by atoms with Gasteiger partial charge in [-0.3, -0.25) is 5.26 Å². The first-order valence-corrected chi connectivity index (χ1v) is 4.04. The van der Waals surface area contributed by atoms with E-state index in [0.29, 0.717) is 10.6 Å². The molecule has 13 heavy (non-hydrogen) atoms. The van der Waals surface area contributed by atoms with Crippen molar-refractivity contribution in [3.8, 4) is 0 Å². The molecule has 4 heteroatoms. The maximum absolute atomic E-state index is 9.42. The molecular formula is C9H9ClO3. The van der Waals surface area contributed by atoms with E-state index in [1.807, 2.05) is 0 Å². The quantitative estimate of drug-likeness (QED) is 0.448. The molecule has 0 atom stereocenters. The second-order valence-corrected chi connectivity index (χ2v) is 2.77. The molecule has 1 aromatic rings. The van der Waals surface area contributed by atoms with Crippen molar-refractivity contribution in [1.29, 1.82) is 0 Å². The van der Waals surface area contributed by atoms with E-state index in [2.05, 4.69) is 4.89 Å². The van der Waals surface area contributed by atoms with E-state index in [1.54, 1.807) is 24.3 Å².